The van der Waals surface area contributed by atoms with E-state index in [0.29, 0.717) is 22.9 Å². The summed E-state index contributed by atoms with van der Waals surface area (Å²) in [7, 11) is 3.25. The van der Waals surface area contributed by atoms with Crippen molar-refractivity contribution in [1.82, 2.24) is 0 Å². The molecule has 134 valence electrons. The Hall–Kier alpha value is -1.98. The van der Waals surface area contributed by atoms with Gasteiger partial charge in [0.2, 0.25) is 0 Å². The summed E-state index contributed by atoms with van der Waals surface area (Å²) in [4.78, 5) is 18.6. The zero-order valence-electron chi connectivity index (χ0n) is 14.5. The number of ketones is 1. The van der Waals surface area contributed by atoms with E-state index in [2.05, 4.69) is 0 Å². The fraction of sp³-hybridized carbons (Fsp3) is 0.300. The van der Waals surface area contributed by atoms with Crippen LogP contribution in [0.15, 0.2) is 46.3 Å². The van der Waals surface area contributed by atoms with Crippen LogP contribution in [0.25, 0.3) is 0 Å². The van der Waals surface area contributed by atoms with Crippen LogP contribution in [-0.2, 0) is 4.79 Å². The molecule has 0 bridgehead atoms. The van der Waals surface area contributed by atoms with E-state index in [0.717, 1.165) is 28.3 Å². The van der Waals surface area contributed by atoms with Crippen molar-refractivity contribution in [2.75, 3.05) is 14.2 Å². The zero-order chi connectivity index (χ0) is 18.3. The highest BCUT2D eigenvalue weighted by atomic mass is 35.5. The molecule has 2 aromatic carbocycles. The normalized spacial score (nSPS) is 21.5. The van der Waals surface area contributed by atoms with Crippen molar-refractivity contribution in [1.29, 1.82) is 0 Å². The van der Waals surface area contributed by atoms with Crippen molar-refractivity contribution >= 4 is 40.5 Å². The van der Waals surface area contributed by atoms with Gasteiger partial charge in [-0.15, -0.1) is 11.8 Å². The topological polar surface area (TPSA) is 47.9 Å². The Morgan fingerprint density at radius 2 is 2.00 bits per heavy atom. The lowest BCUT2D eigenvalue weighted by atomic mass is 9.81. The van der Waals surface area contributed by atoms with Crippen molar-refractivity contribution < 1.29 is 14.3 Å². The molecule has 1 aliphatic heterocycles. The van der Waals surface area contributed by atoms with Crippen LogP contribution in [0, 0.1) is 0 Å². The van der Waals surface area contributed by atoms with Gasteiger partial charge in [-0.1, -0.05) is 23.7 Å². The van der Waals surface area contributed by atoms with Gasteiger partial charge in [0.15, 0.2) is 17.3 Å². The Bertz CT molecular complexity index is 912. The van der Waals surface area contributed by atoms with E-state index in [1.807, 2.05) is 36.4 Å². The van der Waals surface area contributed by atoms with Crippen molar-refractivity contribution in [3.63, 3.8) is 0 Å². The molecule has 2 atom stereocenters. The van der Waals surface area contributed by atoms with Gasteiger partial charge in [-0.3, -0.25) is 9.79 Å². The van der Waals surface area contributed by atoms with Crippen molar-refractivity contribution in [2.45, 2.75) is 28.9 Å². The summed E-state index contributed by atoms with van der Waals surface area (Å²) in [6.45, 7) is 0. The third-order valence-corrected chi connectivity index (χ3v) is 6.39. The van der Waals surface area contributed by atoms with Crippen LogP contribution < -0.4 is 9.47 Å². The molecule has 0 radical (unpaired) electrons. The number of Topliss-reactive ketones (excluding diaryl/α,β-unsaturated/α-hetero) is 1. The van der Waals surface area contributed by atoms with E-state index in [-0.39, 0.29) is 17.0 Å². The van der Waals surface area contributed by atoms with E-state index in [4.69, 9.17) is 26.1 Å². The average Bonchev–Trinajstić information content (AvgIpc) is 2.66. The highest BCUT2D eigenvalue weighted by molar-refractivity contribution is 8.01. The Morgan fingerprint density at radius 3 is 2.77 bits per heavy atom. The first-order valence-electron chi connectivity index (χ1n) is 8.38. The lowest BCUT2D eigenvalue weighted by Crippen LogP contribution is -2.36. The molecule has 0 N–H and O–H groups in total. The Morgan fingerprint density at radius 1 is 1.15 bits per heavy atom. The number of aliphatic imine (C=N–C) groups is 1. The van der Waals surface area contributed by atoms with Gasteiger partial charge in [-0.25, -0.2) is 0 Å². The molecule has 4 rings (SSSR count). The number of ether oxygens (including phenoxy) is 2. The van der Waals surface area contributed by atoms with E-state index < -0.39 is 0 Å². The third kappa shape index (κ3) is 2.99. The number of methoxy groups -OCH3 is 2. The molecular weight excluding hydrogens is 370 g/mol. The number of hydrogen-bond acceptors (Lipinski definition) is 5. The second kappa shape index (κ2) is 6.97. The first-order valence-corrected chi connectivity index (χ1v) is 9.63. The number of hydrogen-bond donors (Lipinski definition) is 0. The maximum absolute atomic E-state index is 12.9. The summed E-state index contributed by atoms with van der Waals surface area (Å²) in [5.41, 5.74) is 2.81. The Labute approximate surface area is 161 Å². The number of benzene rings is 2. The number of nitrogens with zero attached hydrogens (tertiary/aromatic N) is 1. The summed E-state index contributed by atoms with van der Waals surface area (Å²) in [5.74, 6) is 1.61. The number of carbonyl (C=O) groups excluding carboxylic acids is 1. The van der Waals surface area contributed by atoms with E-state index >= 15 is 0 Å². The number of rotatable bonds is 3. The standard InChI is InChI=1S/C20H18ClNO3S/c1-24-17-5-3-4-13(19(17)25-2)11-8-15-20(16(23)9-11)26-18-10-12(21)6-7-14(18)22-15/h3-7,10-11,20H,8-9H2,1-2H3. The molecule has 1 aliphatic carbocycles. The zero-order valence-corrected chi connectivity index (χ0v) is 16.1. The molecule has 0 aromatic heterocycles. The van der Waals surface area contributed by atoms with Gasteiger partial charge in [0.25, 0.3) is 0 Å². The minimum absolute atomic E-state index is 0.0389. The molecular formula is C20H18ClNO3S. The fourth-order valence-electron chi connectivity index (χ4n) is 3.62. The first kappa shape index (κ1) is 17.4. The molecule has 2 aliphatic rings. The lowest BCUT2D eigenvalue weighted by Gasteiger charge is -2.32. The highest BCUT2D eigenvalue weighted by Crippen LogP contribution is 2.47. The molecule has 6 heteroatoms. The van der Waals surface area contributed by atoms with Gasteiger partial charge < -0.3 is 9.47 Å². The molecule has 26 heavy (non-hydrogen) atoms. The second-order valence-corrected chi connectivity index (χ2v) is 7.95. The van der Waals surface area contributed by atoms with Crippen LogP contribution in [0.4, 0.5) is 5.69 Å². The Kier molecular flexibility index (Phi) is 4.67. The quantitative estimate of drug-likeness (QED) is 0.739. The second-order valence-electron chi connectivity index (χ2n) is 6.37. The molecule has 2 unspecified atom stereocenters. The van der Waals surface area contributed by atoms with Crippen LogP contribution >= 0.6 is 23.4 Å². The van der Waals surface area contributed by atoms with E-state index in [9.17, 15) is 4.79 Å². The fourth-order valence-corrected chi connectivity index (χ4v) is 5.05. The Balaban J connectivity index is 1.71. The van der Waals surface area contributed by atoms with Crippen molar-refractivity contribution in [3.05, 3.63) is 47.0 Å². The van der Waals surface area contributed by atoms with Gasteiger partial charge in [-0.05, 0) is 36.6 Å². The summed E-state index contributed by atoms with van der Waals surface area (Å²) in [5, 5.41) is 0.450. The number of para-hydroxylation sites is 1. The van der Waals surface area contributed by atoms with Gasteiger partial charge in [0.1, 0.15) is 5.25 Å². The molecule has 1 heterocycles. The molecule has 0 amide bonds. The van der Waals surface area contributed by atoms with Crippen molar-refractivity contribution in [3.8, 4) is 11.5 Å². The highest BCUT2D eigenvalue weighted by Gasteiger charge is 2.38. The summed E-state index contributed by atoms with van der Waals surface area (Å²) < 4.78 is 11.0. The number of halogens is 1. The van der Waals surface area contributed by atoms with E-state index in [1.165, 1.54) is 0 Å². The molecule has 1 saturated carbocycles. The number of thioether (sulfide) groups is 1. The smallest absolute Gasteiger partial charge is 0.164 e. The minimum atomic E-state index is -0.214. The van der Waals surface area contributed by atoms with Gasteiger partial charge in [0, 0.05) is 27.6 Å². The average molecular weight is 388 g/mol. The van der Waals surface area contributed by atoms with Crippen LogP contribution in [0.3, 0.4) is 0 Å². The predicted molar refractivity (Wildman–Crippen MR) is 105 cm³/mol. The van der Waals surface area contributed by atoms with Crippen LogP contribution in [-0.4, -0.2) is 31.0 Å². The maximum atomic E-state index is 12.9. The molecule has 0 saturated heterocycles. The lowest BCUT2D eigenvalue weighted by molar-refractivity contribution is -0.118. The summed E-state index contributed by atoms with van der Waals surface area (Å²) in [6.07, 6.45) is 1.20. The minimum Gasteiger partial charge on any atom is -0.493 e. The monoisotopic (exact) mass is 387 g/mol. The number of fused-ring (bicyclic) bond motifs is 2. The van der Waals surface area contributed by atoms with Crippen LogP contribution in [0.2, 0.25) is 5.02 Å². The summed E-state index contributed by atoms with van der Waals surface area (Å²) >= 11 is 7.64. The molecule has 0 spiro atoms. The van der Waals surface area contributed by atoms with Crippen LogP contribution in [0.1, 0.15) is 24.3 Å². The predicted octanol–water partition coefficient (Wildman–Crippen LogP) is 5.05. The first-order chi connectivity index (χ1) is 12.6. The molecule has 2 aromatic rings. The molecule has 4 nitrogen and oxygen atoms in total. The van der Waals surface area contributed by atoms with Gasteiger partial charge >= 0.3 is 0 Å². The maximum Gasteiger partial charge on any atom is 0.164 e. The number of carbonyl (C=O) groups is 1. The van der Waals surface area contributed by atoms with Crippen LogP contribution in [0.5, 0.6) is 11.5 Å². The molecule has 1 fully saturated rings. The van der Waals surface area contributed by atoms with E-state index in [1.54, 1.807) is 26.0 Å². The SMILES string of the molecule is COc1cccc(C2CC(=O)C3Sc4cc(Cl)ccc4N=C3C2)c1OC. The largest absolute Gasteiger partial charge is 0.493 e. The van der Waals surface area contributed by atoms with Crippen molar-refractivity contribution in [2.24, 2.45) is 4.99 Å². The van der Waals surface area contributed by atoms with Gasteiger partial charge in [0.05, 0.1) is 19.9 Å². The third-order valence-electron chi connectivity index (χ3n) is 4.80. The van der Waals surface area contributed by atoms with Gasteiger partial charge in [-0.2, -0.15) is 0 Å². The summed E-state index contributed by atoms with van der Waals surface area (Å²) in [6, 6.07) is 11.4.